The fourth-order valence-electron chi connectivity index (χ4n) is 4.18. The second kappa shape index (κ2) is 10.0. The Kier molecular flexibility index (Phi) is 6.90. The van der Waals surface area contributed by atoms with E-state index >= 15 is 0 Å². The predicted octanol–water partition coefficient (Wildman–Crippen LogP) is 4.84. The van der Waals surface area contributed by atoms with Crippen LogP contribution in [0.15, 0.2) is 72.1 Å². The second-order valence-corrected chi connectivity index (χ2v) is 9.32. The van der Waals surface area contributed by atoms with E-state index in [1.165, 1.54) is 10.4 Å². The molecule has 0 radical (unpaired) electrons. The molecule has 0 aliphatic carbocycles. The number of fused-ring (bicyclic) bond motifs is 1. The number of hydrogen-bond donors (Lipinski definition) is 1. The quantitative estimate of drug-likeness (QED) is 0.588. The highest BCUT2D eigenvalue weighted by molar-refractivity contribution is 7.10. The van der Waals surface area contributed by atoms with Gasteiger partial charge in [0.15, 0.2) is 0 Å². The van der Waals surface area contributed by atoms with Gasteiger partial charge in [0.1, 0.15) is 6.54 Å². The summed E-state index contributed by atoms with van der Waals surface area (Å²) in [4.78, 5) is 31.3. The van der Waals surface area contributed by atoms with E-state index in [1.807, 2.05) is 67.3 Å². The van der Waals surface area contributed by atoms with Gasteiger partial charge >= 0.3 is 6.03 Å². The average molecular weight is 448 g/mol. The molecular formula is C26H29N3O2S. The van der Waals surface area contributed by atoms with Gasteiger partial charge in [0.05, 0.1) is 6.04 Å². The number of benzene rings is 2. The standard InChI is InChI=1S/C26H29N3O2S/c1-19(2)29(26(31)27-17-20-9-5-3-6-10-20)18-24(30)28-15-13-23-22(14-16-32-23)25(28)21-11-7-4-8-12-21/h3-12,14,16,19,25H,13,15,17-18H2,1-2H3,(H,27,31). The van der Waals surface area contributed by atoms with Crippen molar-refractivity contribution in [3.63, 3.8) is 0 Å². The Morgan fingerprint density at radius 2 is 1.75 bits per heavy atom. The van der Waals surface area contributed by atoms with Crippen LogP contribution in [0, 0.1) is 0 Å². The summed E-state index contributed by atoms with van der Waals surface area (Å²) in [6.07, 6.45) is 0.851. The topological polar surface area (TPSA) is 52.7 Å². The fourth-order valence-corrected chi connectivity index (χ4v) is 5.08. The molecule has 166 valence electrons. The molecule has 3 aromatic rings. The number of nitrogens with zero attached hydrogens (tertiary/aromatic N) is 2. The maximum absolute atomic E-state index is 13.5. The minimum Gasteiger partial charge on any atom is -0.334 e. The molecule has 0 spiro atoms. The molecule has 1 aliphatic rings. The maximum Gasteiger partial charge on any atom is 0.318 e. The fraction of sp³-hybridized carbons (Fsp3) is 0.308. The van der Waals surface area contributed by atoms with Crippen LogP contribution in [0.3, 0.4) is 0 Å². The molecule has 2 heterocycles. The normalized spacial score (nSPS) is 15.3. The van der Waals surface area contributed by atoms with E-state index in [1.54, 1.807) is 16.2 Å². The van der Waals surface area contributed by atoms with Crippen LogP contribution in [0.2, 0.25) is 0 Å². The first-order valence-electron chi connectivity index (χ1n) is 11.0. The Morgan fingerprint density at radius 3 is 2.44 bits per heavy atom. The molecule has 0 saturated heterocycles. The van der Waals surface area contributed by atoms with Crippen LogP contribution in [0.25, 0.3) is 0 Å². The van der Waals surface area contributed by atoms with Crippen LogP contribution in [0.4, 0.5) is 4.79 Å². The van der Waals surface area contributed by atoms with Crippen LogP contribution in [-0.2, 0) is 17.8 Å². The second-order valence-electron chi connectivity index (χ2n) is 8.32. The van der Waals surface area contributed by atoms with Gasteiger partial charge in [-0.3, -0.25) is 4.79 Å². The summed E-state index contributed by atoms with van der Waals surface area (Å²) < 4.78 is 0. The SMILES string of the molecule is CC(C)N(CC(=O)N1CCc2sccc2C1c1ccccc1)C(=O)NCc1ccccc1. The van der Waals surface area contributed by atoms with E-state index in [0.717, 1.165) is 17.5 Å². The molecule has 1 unspecified atom stereocenters. The molecule has 1 N–H and O–H groups in total. The largest absolute Gasteiger partial charge is 0.334 e. The highest BCUT2D eigenvalue weighted by atomic mass is 32.1. The molecule has 1 atom stereocenters. The van der Waals surface area contributed by atoms with Crippen LogP contribution >= 0.6 is 11.3 Å². The van der Waals surface area contributed by atoms with Gasteiger partial charge in [-0.1, -0.05) is 60.7 Å². The minimum atomic E-state index is -0.221. The molecule has 0 bridgehead atoms. The lowest BCUT2D eigenvalue weighted by Gasteiger charge is -2.38. The lowest BCUT2D eigenvalue weighted by molar-refractivity contribution is -0.134. The Hall–Kier alpha value is -3.12. The van der Waals surface area contributed by atoms with Crippen LogP contribution < -0.4 is 5.32 Å². The van der Waals surface area contributed by atoms with Crippen LogP contribution in [-0.4, -0.2) is 40.9 Å². The summed E-state index contributed by atoms with van der Waals surface area (Å²) in [7, 11) is 0. The summed E-state index contributed by atoms with van der Waals surface area (Å²) in [5.41, 5.74) is 3.33. The molecule has 4 rings (SSSR count). The Morgan fingerprint density at radius 1 is 1.06 bits per heavy atom. The number of hydrogen-bond acceptors (Lipinski definition) is 3. The van der Waals surface area contributed by atoms with Crippen molar-refractivity contribution in [2.24, 2.45) is 0 Å². The van der Waals surface area contributed by atoms with E-state index in [2.05, 4.69) is 28.9 Å². The highest BCUT2D eigenvalue weighted by Crippen LogP contribution is 2.37. The summed E-state index contributed by atoms with van der Waals surface area (Å²) in [5.74, 6) is -0.0285. The Balaban J connectivity index is 1.50. The third kappa shape index (κ3) is 4.86. The van der Waals surface area contributed by atoms with Gasteiger partial charge < -0.3 is 15.1 Å². The number of carbonyl (C=O) groups is 2. The van der Waals surface area contributed by atoms with E-state index < -0.39 is 0 Å². The number of nitrogens with one attached hydrogen (secondary N) is 1. The zero-order valence-corrected chi connectivity index (χ0v) is 19.3. The Bertz CT molecular complexity index is 1050. The maximum atomic E-state index is 13.5. The Labute approximate surface area is 193 Å². The van der Waals surface area contributed by atoms with Crippen molar-refractivity contribution in [1.82, 2.24) is 15.1 Å². The molecule has 0 fully saturated rings. The van der Waals surface area contributed by atoms with Gasteiger partial charge in [0.25, 0.3) is 0 Å². The summed E-state index contributed by atoms with van der Waals surface area (Å²) in [6, 6.07) is 21.7. The zero-order chi connectivity index (χ0) is 22.5. The van der Waals surface area contributed by atoms with Gasteiger partial charge in [0.2, 0.25) is 5.91 Å². The number of thiophene rings is 1. The predicted molar refractivity (Wildman–Crippen MR) is 129 cm³/mol. The first-order valence-corrected chi connectivity index (χ1v) is 11.9. The molecule has 6 heteroatoms. The molecular weight excluding hydrogens is 418 g/mol. The van der Waals surface area contributed by atoms with Gasteiger partial charge in [-0.05, 0) is 48.4 Å². The van der Waals surface area contributed by atoms with Crippen molar-refractivity contribution < 1.29 is 9.59 Å². The third-order valence-corrected chi connectivity index (χ3v) is 6.87. The number of amides is 3. The van der Waals surface area contributed by atoms with E-state index in [9.17, 15) is 9.59 Å². The molecule has 32 heavy (non-hydrogen) atoms. The monoisotopic (exact) mass is 447 g/mol. The molecule has 5 nitrogen and oxygen atoms in total. The molecule has 0 saturated carbocycles. The smallest absolute Gasteiger partial charge is 0.318 e. The lowest BCUT2D eigenvalue weighted by Crippen LogP contribution is -2.51. The van der Waals surface area contributed by atoms with Gasteiger partial charge in [-0.15, -0.1) is 11.3 Å². The average Bonchev–Trinajstić information content (AvgIpc) is 3.30. The van der Waals surface area contributed by atoms with Crippen molar-refractivity contribution in [2.45, 2.75) is 38.9 Å². The molecule has 3 amide bonds. The van der Waals surface area contributed by atoms with Crippen molar-refractivity contribution in [3.05, 3.63) is 93.7 Å². The van der Waals surface area contributed by atoms with Crippen molar-refractivity contribution in [1.29, 1.82) is 0 Å². The third-order valence-electron chi connectivity index (χ3n) is 5.88. The van der Waals surface area contributed by atoms with Crippen molar-refractivity contribution in [2.75, 3.05) is 13.1 Å². The molecule has 1 aromatic heterocycles. The highest BCUT2D eigenvalue weighted by Gasteiger charge is 2.34. The first-order chi connectivity index (χ1) is 15.5. The van der Waals surface area contributed by atoms with E-state index in [-0.39, 0.29) is 30.6 Å². The number of rotatable bonds is 6. The summed E-state index contributed by atoms with van der Waals surface area (Å²) >= 11 is 1.75. The number of carbonyl (C=O) groups excluding carboxylic acids is 2. The van der Waals surface area contributed by atoms with Crippen LogP contribution in [0.5, 0.6) is 0 Å². The summed E-state index contributed by atoms with van der Waals surface area (Å²) in [6.45, 7) is 5.03. The zero-order valence-electron chi connectivity index (χ0n) is 18.5. The minimum absolute atomic E-state index is 0.0285. The van der Waals surface area contributed by atoms with Gasteiger partial charge in [0, 0.05) is 24.0 Å². The van der Waals surface area contributed by atoms with Gasteiger partial charge in [-0.25, -0.2) is 4.79 Å². The van der Waals surface area contributed by atoms with E-state index in [4.69, 9.17) is 0 Å². The van der Waals surface area contributed by atoms with Crippen LogP contribution in [0.1, 0.15) is 41.5 Å². The summed E-state index contributed by atoms with van der Waals surface area (Å²) in [5, 5.41) is 5.06. The van der Waals surface area contributed by atoms with Crippen molar-refractivity contribution >= 4 is 23.3 Å². The van der Waals surface area contributed by atoms with E-state index in [0.29, 0.717) is 13.1 Å². The molecule has 1 aliphatic heterocycles. The first kappa shape index (κ1) is 22.1. The van der Waals surface area contributed by atoms with Crippen molar-refractivity contribution in [3.8, 4) is 0 Å². The molecule has 2 aromatic carbocycles. The lowest BCUT2D eigenvalue weighted by atomic mass is 9.93. The van der Waals surface area contributed by atoms with Gasteiger partial charge in [-0.2, -0.15) is 0 Å². The number of urea groups is 1.